The second-order valence-corrected chi connectivity index (χ2v) is 7.72. The number of hydrogen-bond acceptors (Lipinski definition) is 4. The molecule has 0 saturated carbocycles. The summed E-state index contributed by atoms with van der Waals surface area (Å²) in [5, 5.41) is 10.5. The van der Waals surface area contributed by atoms with Crippen molar-refractivity contribution in [3.63, 3.8) is 0 Å². The molecule has 1 aliphatic rings. The number of aliphatic hydroxyl groups is 1. The Hall–Kier alpha value is -3.15. The molecule has 160 valence electrons. The first kappa shape index (κ1) is 21.1. The van der Waals surface area contributed by atoms with E-state index in [9.17, 15) is 9.90 Å². The van der Waals surface area contributed by atoms with Crippen LogP contribution in [0.4, 0.5) is 0 Å². The van der Waals surface area contributed by atoms with Crippen molar-refractivity contribution in [3.05, 3.63) is 102 Å². The fourth-order valence-electron chi connectivity index (χ4n) is 3.98. The number of carbonyl (C=O) groups excluding carboxylic acids is 1. The van der Waals surface area contributed by atoms with Gasteiger partial charge in [-0.15, -0.1) is 0 Å². The lowest BCUT2D eigenvalue weighted by molar-refractivity contribution is -0.136. The van der Waals surface area contributed by atoms with Gasteiger partial charge in [-0.3, -0.25) is 9.69 Å². The average Bonchev–Trinajstić information content (AvgIpc) is 2.85. The van der Waals surface area contributed by atoms with Crippen LogP contribution in [0, 0.1) is 0 Å². The predicted molar refractivity (Wildman–Crippen MR) is 121 cm³/mol. The third-order valence-corrected chi connectivity index (χ3v) is 5.70. The lowest BCUT2D eigenvalue weighted by Gasteiger charge is -2.38. The van der Waals surface area contributed by atoms with Crippen molar-refractivity contribution in [1.82, 2.24) is 9.80 Å². The molecule has 0 spiro atoms. The molecule has 1 N–H and O–H groups in total. The molecule has 1 amide bonds. The summed E-state index contributed by atoms with van der Waals surface area (Å²) in [4.78, 5) is 17.4. The zero-order chi connectivity index (χ0) is 21.5. The molecule has 31 heavy (non-hydrogen) atoms. The number of benzene rings is 3. The van der Waals surface area contributed by atoms with Crippen molar-refractivity contribution in [2.45, 2.75) is 12.1 Å². The van der Waals surface area contributed by atoms with Crippen molar-refractivity contribution in [3.8, 4) is 5.75 Å². The number of nitrogens with zero attached hydrogens (tertiary/aromatic N) is 2. The lowest BCUT2D eigenvalue weighted by Crippen LogP contribution is -2.54. The van der Waals surface area contributed by atoms with E-state index in [0.29, 0.717) is 26.2 Å². The Morgan fingerprint density at radius 3 is 1.77 bits per heavy atom. The minimum absolute atomic E-state index is 0.104. The summed E-state index contributed by atoms with van der Waals surface area (Å²) in [6.45, 7) is 2.59. The van der Waals surface area contributed by atoms with E-state index >= 15 is 0 Å². The molecule has 0 aromatic heterocycles. The molecule has 3 aromatic rings. The summed E-state index contributed by atoms with van der Waals surface area (Å²) in [5.41, 5.74) is 2.00. The summed E-state index contributed by atoms with van der Waals surface area (Å²) in [5.74, 6) is 0.524. The van der Waals surface area contributed by atoms with Crippen molar-refractivity contribution in [2.75, 3.05) is 32.8 Å². The second kappa shape index (κ2) is 10.2. The Bertz CT molecular complexity index is 903. The van der Waals surface area contributed by atoms with Crippen LogP contribution in [0.15, 0.2) is 91.0 Å². The minimum atomic E-state index is -0.698. The Balaban J connectivity index is 1.38. The number of para-hydroxylation sites is 1. The molecule has 1 unspecified atom stereocenters. The number of ether oxygens (including phenoxy) is 1. The van der Waals surface area contributed by atoms with Crippen LogP contribution in [-0.2, 0) is 4.79 Å². The van der Waals surface area contributed by atoms with Gasteiger partial charge in [-0.2, -0.15) is 0 Å². The number of carbonyl (C=O) groups is 1. The van der Waals surface area contributed by atoms with E-state index in [-0.39, 0.29) is 18.4 Å². The Morgan fingerprint density at radius 2 is 1.26 bits per heavy atom. The Morgan fingerprint density at radius 1 is 0.774 bits per heavy atom. The summed E-state index contributed by atoms with van der Waals surface area (Å²) in [6, 6.07) is 29.3. The van der Waals surface area contributed by atoms with Gasteiger partial charge in [0.15, 0.2) is 0 Å². The molecule has 0 aliphatic carbocycles. The number of hydrogen-bond donors (Lipinski definition) is 1. The van der Waals surface area contributed by atoms with E-state index in [2.05, 4.69) is 0 Å². The molecule has 4 rings (SSSR count). The van der Waals surface area contributed by atoms with Crippen LogP contribution in [0.1, 0.15) is 17.0 Å². The van der Waals surface area contributed by atoms with Crippen LogP contribution in [0.3, 0.4) is 0 Å². The largest absolute Gasteiger partial charge is 0.489 e. The van der Waals surface area contributed by atoms with Crippen LogP contribution in [0.2, 0.25) is 0 Å². The van der Waals surface area contributed by atoms with Gasteiger partial charge in [0.05, 0.1) is 5.92 Å². The van der Waals surface area contributed by atoms with Gasteiger partial charge in [0, 0.05) is 26.2 Å². The molecule has 3 aromatic carbocycles. The van der Waals surface area contributed by atoms with Crippen molar-refractivity contribution in [2.24, 2.45) is 0 Å². The summed E-state index contributed by atoms with van der Waals surface area (Å²) < 4.78 is 5.68. The monoisotopic (exact) mass is 416 g/mol. The van der Waals surface area contributed by atoms with Crippen LogP contribution in [0.25, 0.3) is 0 Å². The first-order valence-corrected chi connectivity index (χ1v) is 10.7. The quantitative estimate of drug-likeness (QED) is 0.642. The van der Waals surface area contributed by atoms with Gasteiger partial charge < -0.3 is 14.7 Å². The highest BCUT2D eigenvalue weighted by Crippen LogP contribution is 2.27. The molecule has 0 radical (unpaired) electrons. The fourth-order valence-corrected chi connectivity index (χ4v) is 3.98. The highest BCUT2D eigenvalue weighted by atomic mass is 16.5. The van der Waals surface area contributed by atoms with Crippen LogP contribution in [0.5, 0.6) is 5.75 Å². The van der Waals surface area contributed by atoms with Gasteiger partial charge in [-0.05, 0) is 23.3 Å². The highest BCUT2D eigenvalue weighted by Gasteiger charge is 2.31. The molecule has 0 bridgehead atoms. The van der Waals surface area contributed by atoms with Crippen LogP contribution >= 0.6 is 0 Å². The van der Waals surface area contributed by atoms with Crippen molar-refractivity contribution >= 4 is 5.91 Å². The maximum atomic E-state index is 13.5. The van der Waals surface area contributed by atoms with Gasteiger partial charge in [-0.1, -0.05) is 78.9 Å². The minimum Gasteiger partial charge on any atom is -0.489 e. The number of piperazine rings is 1. The Kier molecular flexibility index (Phi) is 6.97. The molecule has 1 heterocycles. The maximum absolute atomic E-state index is 13.5. The average molecular weight is 417 g/mol. The molecule has 1 aliphatic heterocycles. The third kappa shape index (κ3) is 5.32. The van der Waals surface area contributed by atoms with Crippen LogP contribution in [-0.4, -0.2) is 59.8 Å². The second-order valence-electron chi connectivity index (χ2n) is 7.72. The molecular weight excluding hydrogens is 388 g/mol. The van der Waals surface area contributed by atoms with E-state index < -0.39 is 6.23 Å². The smallest absolute Gasteiger partial charge is 0.234 e. The summed E-state index contributed by atoms with van der Waals surface area (Å²) >= 11 is 0. The van der Waals surface area contributed by atoms with E-state index in [1.54, 1.807) is 0 Å². The van der Waals surface area contributed by atoms with Gasteiger partial charge in [0.2, 0.25) is 5.91 Å². The van der Waals surface area contributed by atoms with Gasteiger partial charge in [0.1, 0.15) is 18.6 Å². The molecule has 1 fully saturated rings. The number of rotatable bonds is 7. The lowest BCUT2D eigenvalue weighted by atomic mass is 9.90. The first-order valence-electron chi connectivity index (χ1n) is 10.7. The maximum Gasteiger partial charge on any atom is 0.234 e. The standard InChI is InChI=1S/C26H28N2O3/c29-24(20-31-23-14-8-3-9-15-23)27-16-18-28(19-17-27)26(30)25(21-10-4-1-5-11-21)22-12-6-2-7-13-22/h1-15,24-25,29H,16-20H2. The third-order valence-electron chi connectivity index (χ3n) is 5.70. The first-order chi connectivity index (χ1) is 15.2. The molecule has 1 atom stereocenters. The van der Waals surface area contributed by atoms with Crippen molar-refractivity contribution in [1.29, 1.82) is 0 Å². The highest BCUT2D eigenvalue weighted by molar-refractivity contribution is 5.87. The normalized spacial score (nSPS) is 15.6. The van der Waals surface area contributed by atoms with Gasteiger partial charge >= 0.3 is 0 Å². The Labute approximate surface area is 183 Å². The SMILES string of the molecule is O=C(C(c1ccccc1)c1ccccc1)N1CCN(C(O)COc2ccccc2)CC1. The predicted octanol–water partition coefficient (Wildman–Crippen LogP) is 3.36. The van der Waals surface area contributed by atoms with Gasteiger partial charge in [0.25, 0.3) is 0 Å². The van der Waals surface area contributed by atoms with E-state index in [0.717, 1.165) is 16.9 Å². The molecular formula is C26H28N2O3. The van der Waals surface area contributed by atoms with E-state index in [1.807, 2.05) is 101 Å². The fraction of sp³-hybridized carbons (Fsp3) is 0.269. The number of amides is 1. The summed E-state index contributed by atoms with van der Waals surface area (Å²) in [7, 11) is 0. The van der Waals surface area contributed by atoms with E-state index in [4.69, 9.17) is 4.74 Å². The van der Waals surface area contributed by atoms with Crippen molar-refractivity contribution < 1.29 is 14.6 Å². The zero-order valence-electron chi connectivity index (χ0n) is 17.5. The zero-order valence-corrected chi connectivity index (χ0v) is 17.5. The molecule has 5 nitrogen and oxygen atoms in total. The molecule has 1 saturated heterocycles. The van der Waals surface area contributed by atoms with Crippen LogP contribution < -0.4 is 4.74 Å². The number of aliphatic hydroxyl groups excluding tert-OH is 1. The van der Waals surface area contributed by atoms with E-state index in [1.165, 1.54) is 0 Å². The topological polar surface area (TPSA) is 53.0 Å². The van der Waals surface area contributed by atoms with Gasteiger partial charge in [-0.25, -0.2) is 0 Å². The summed E-state index contributed by atoms with van der Waals surface area (Å²) in [6.07, 6.45) is -0.698. The molecule has 5 heteroatoms.